The van der Waals surface area contributed by atoms with Crippen LogP contribution in [0, 0.1) is 11.8 Å². The molecule has 3 heteroatoms. The highest BCUT2D eigenvalue weighted by Gasteiger charge is 2.01. The molecule has 0 aliphatic heterocycles. The monoisotopic (exact) mass is 220 g/mol. The summed E-state index contributed by atoms with van der Waals surface area (Å²) in [4.78, 5) is 11.3. The largest absolute Gasteiger partial charge is 0.280 e. The Labute approximate surface area is 98.2 Å². The van der Waals surface area contributed by atoms with Crippen LogP contribution in [0.4, 0.5) is 0 Å². The van der Waals surface area contributed by atoms with Crippen LogP contribution in [0.2, 0.25) is 0 Å². The lowest BCUT2D eigenvalue weighted by Crippen LogP contribution is -2.12. The molecule has 0 atom stereocenters. The van der Waals surface area contributed by atoms with Crippen molar-refractivity contribution >= 4 is 11.5 Å². The molecule has 0 aromatic carbocycles. The number of carbonyl (C=O) groups excluding carboxylic acids is 1. The minimum Gasteiger partial charge on any atom is -0.280 e. The van der Waals surface area contributed by atoms with Gasteiger partial charge in [0.15, 0.2) is 0 Å². The third-order valence-corrected chi connectivity index (χ3v) is 2.21. The maximum Gasteiger partial charge on any atom is 0.230 e. The molecule has 0 aliphatic carbocycles. The number of hydrazone groups is 1. The number of carbonyl (C=O) groups is 1. The second kappa shape index (κ2) is 7.70. The van der Waals surface area contributed by atoms with E-state index >= 15 is 0 Å². The van der Waals surface area contributed by atoms with Crippen LogP contribution < -0.4 is 0 Å². The first kappa shape index (κ1) is 14.4. The lowest BCUT2D eigenvalue weighted by atomic mass is 10.2. The van der Waals surface area contributed by atoms with Crippen LogP contribution in [-0.2, 0) is 4.79 Å². The minimum atomic E-state index is -0.184. The number of hydrogen-bond acceptors (Lipinski definition) is 3. The standard InChI is InChI=1S/C13H20N2O/c1-6-9-13(16)10-11(4)15(5)14-12(7-2)8-3/h10H,7-8H2,1-5H3/b11-10+. The first-order valence-electron chi connectivity index (χ1n) is 5.50. The molecule has 88 valence electrons. The van der Waals surface area contributed by atoms with Gasteiger partial charge in [-0.15, -0.1) is 0 Å². The molecule has 0 saturated heterocycles. The van der Waals surface area contributed by atoms with Gasteiger partial charge in [-0.3, -0.25) is 9.80 Å². The molecule has 3 nitrogen and oxygen atoms in total. The number of rotatable bonds is 5. The Kier molecular flexibility index (Phi) is 6.95. The van der Waals surface area contributed by atoms with Gasteiger partial charge < -0.3 is 0 Å². The van der Waals surface area contributed by atoms with Gasteiger partial charge in [0.1, 0.15) is 0 Å². The normalized spacial score (nSPS) is 10.2. The van der Waals surface area contributed by atoms with Crippen molar-refractivity contribution in [3.8, 4) is 11.8 Å². The van der Waals surface area contributed by atoms with E-state index in [2.05, 4.69) is 30.8 Å². The van der Waals surface area contributed by atoms with Gasteiger partial charge in [-0.05, 0) is 32.6 Å². The van der Waals surface area contributed by atoms with Crippen molar-refractivity contribution in [2.75, 3.05) is 7.05 Å². The van der Waals surface area contributed by atoms with Crippen LogP contribution >= 0.6 is 0 Å². The van der Waals surface area contributed by atoms with E-state index < -0.39 is 0 Å². The summed E-state index contributed by atoms with van der Waals surface area (Å²) in [5.74, 6) is 4.86. The second-order valence-electron chi connectivity index (χ2n) is 3.42. The van der Waals surface area contributed by atoms with Gasteiger partial charge >= 0.3 is 0 Å². The van der Waals surface area contributed by atoms with E-state index in [-0.39, 0.29) is 5.78 Å². The SMILES string of the molecule is CC#CC(=O)/C=C(\C)N(C)N=C(CC)CC. The average molecular weight is 220 g/mol. The molecule has 0 saturated carbocycles. The zero-order chi connectivity index (χ0) is 12.6. The van der Waals surface area contributed by atoms with Crippen molar-refractivity contribution in [1.82, 2.24) is 5.01 Å². The molecule has 0 fully saturated rings. The Bertz CT molecular complexity index is 350. The number of ketones is 1. The lowest BCUT2D eigenvalue weighted by molar-refractivity contribution is -0.109. The first-order chi connectivity index (χ1) is 7.54. The van der Waals surface area contributed by atoms with Crippen molar-refractivity contribution in [1.29, 1.82) is 0 Å². The van der Waals surface area contributed by atoms with Crippen LogP contribution in [0.15, 0.2) is 16.9 Å². The van der Waals surface area contributed by atoms with Crippen molar-refractivity contribution in [2.24, 2.45) is 5.10 Å². The summed E-state index contributed by atoms with van der Waals surface area (Å²) in [5.41, 5.74) is 1.91. The molecule has 0 aromatic heterocycles. The molecule has 0 spiro atoms. The molecular formula is C13H20N2O. The second-order valence-corrected chi connectivity index (χ2v) is 3.42. The molecular weight excluding hydrogens is 200 g/mol. The van der Waals surface area contributed by atoms with E-state index in [1.165, 1.54) is 6.08 Å². The maximum atomic E-state index is 11.3. The van der Waals surface area contributed by atoms with Gasteiger partial charge in [-0.25, -0.2) is 0 Å². The van der Waals surface area contributed by atoms with E-state index in [1.807, 2.05) is 14.0 Å². The van der Waals surface area contributed by atoms with E-state index in [1.54, 1.807) is 11.9 Å². The van der Waals surface area contributed by atoms with E-state index in [4.69, 9.17) is 0 Å². The number of allylic oxidation sites excluding steroid dienone is 2. The topological polar surface area (TPSA) is 32.7 Å². The van der Waals surface area contributed by atoms with Gasteiger partial charge in [-0.2, -0.15) is 5.10 Å². The zero-order valence-corrected chi connectivity index (χ0v) is 10.8. The number of nitrogens with zero attached hydrogens (tertiary/aromatic N) is 2. The summed E-state index contributed by atoms with van der Waals surface area (Å²) in [7, 11) is 1.84. The Morgan fingerprint density at radius 3 is 2.38 bits per heavy atom. The Morgan fingerprint density at radius 1 is 1.38 bits per heavy atom. The first-order valence-corrected chi connectivity index (χ1v) is 5.50. The highest BCUT2D eigenvalue weighted by Crippen LogP contribution is 2.03. The highest BCUT2D eigenvalue weighted by atomic mass is 16.1. The van der Waals surface area contributed by atoms with Crippen molar-refractivity contribution in [3.63, 3.8) is 0 Å². The molecule has 0 unspecified atom stereocenters. The van der Waals surface area contributed by atoms with Crippen molar-refractivity contribution in [3.05, 3.63) is 11.8 Å². The molecule has 0 radical (unpaired) electrons. The third-order valence-electron chi connectivity index (χ3n) is 2.21. The predicted molar refractivity (Wildman–Crippen MR) is 68.0 cm³/mol. The van der Waals surface area contributed by atoms with E-state index in [9.17, 15) is 4.79 Å². The van der Waals surface area contributed by atoms with E-state index in [0.29, 0.717) is 0 Å². The molecule has 0 heterocycles. The van der Waals surface area contributed by atoms with Gasteiger partial charge in [0.2, 0.25) is 5.78 Å². The Balaban J connectivity index is 4.71. The summed E-state index contributed by atoms with van der Waals surface area (Å²) < 4.78 is 0. The van der Waals surface area contributed by atoms with Crippen LogP contribution in [-0.4, -0.2) is 23.6 Å². The minimum absolute atomic E-state index is 0.184. The predicted octanol–water partition coefficient (Wildman–Crippen LogP) is 2.59. The van der Waals surface area contributed by atoms with Gasteiger partial charge in [0, 0.05) is 24.5 Å². The maximum absolute atomic E-state index is 11.3. The highest BCUT2D eigenvalue weighted by molar-refractivity contribution is 6.04. The van der Waals surface area contributed by atoms with Crippen molar-refractivity contribution in [2.45, 2.75) is 40.5 Å². The van der Waals surface area contributed by atoms with Gasteiger partial charge in [-0.1, -0.05) is 19.8 Å². The zero-order valence-electron chi connectivity index (χ0n) is 10.8. The van der Waals surface area contributed by atoms with Crippen LogP contribution in [0.3, 0.4) is 0 Å². The summed E-state index contributed by atoms with van der Waals surface area (Å²) >= 11 is 0. The fourth-order valence-corrected chi connectivity index (χ4v) is 1.12. The summed E-state index contributed by atoms with van der Waals surface area (Å²) in [6.07, 6.45) is 3.36. The molecule has 0 bridgehead atoms. The van der Waals surface area contributed by atoms with Crippen molar-refractivity contribution < 1.29 is 4.79 Å². The molecule has 0 aromatic rings. The molecule has 0 rings (SSSR count). The molecule has 0 N–H and O–H groups in total. The lowest BCUT2D eigenvalue weighted by Gasteiger charge is -2.14. The quantitative estimate of drug-likeness (QED) is 0.234. The van der Waals surface area contributed by atoms with Gasteiger partial charge in [0.05, 0.1) is 0 Å². The Morgan fingerprint density at radius 2 is 1.94 bits per heavy atom. The number of hydrogen-bond donors (Lipinski definition) is 0. The molecule has 16 heavy (non-hydrogen) atoms. The van der Waals surface area contributed by atoms with E-state index in [0.717, 1.165) is 24.3 Å². The fraction of sp³-hybridized carbons (Fsp3) is 0.538. The third kappa shape index (κ3) is 5.35. The smallest absolute Gasteiger partial charge is 0.230 e. The van der Waals surface area contributed by atoms with Gasteiger partial charge in [0.25, 0.3) is 0 Å². The average Bonchev–Trinajstić information content (AvgIpc) is 2.25. The summed E-state index contributed by atoms with van der Waals surface area (Å²) in [6.45, 7) is 7.64. The summed E-state index contributed by atoms with van der Waals surface area (Å²) in [5, 5.41) is 6.13. The summed E-state index contributed by atoms with van der Waals surface area (Å²) in [6, 6.07) is 0. The molecule has 0 amide bonds. The molecule has 0 aliphatic rings. The fourth-order valence-electron chi connectivity index (χ4n) is 1.12. The Hall–Kier alpha value is -1.56. The van der Waals surface area contributed by atoms with Crippen LogP contribution in [0.25, 0.3) is 0 Å². The van der Waals surface area contributed by atoms with Crippen LogP contribution in [0.1, 0.15) is 40.5 Å². The van der Waals surface area contributed by atoms with Crippen LogP contribution in [0.5, 0.6) is 0 Å².